The third-order valence-corrected chi connectivity index (χ3v) is 4.13. The van der Waals surface area contributed by atoms with Crippen LogP contribution in [-0.2, 0) is 4.74 Å². The van der Waals surface area contributed by atoms with Gasteiger partial charge in [0.05, 0.1) is 12.3 Å². The molecule has 4 nitrogen and oxygen atoms in total. The van der Waals surface area contributed by atoms with E-state index in [1.807, 2.05) is 31.3 Å². The second-order valence-corrected chi connectivity index (χ2v) is 5.70. The number of nitrogens with one attached hydrogen (secondary N) is 1. The summed E-state index contributed by atoms with van der Waals surface area (Å²) in [5.41, 5.74) is 2.95. The molecule has 1 atom stereocenters. The van der Waals surface area contributed by atoms with Crippen molar-refractivity contribution in [3.8, 4) is 11.3 Å². The van der Waals surface area contributed by atoms with Crippen molar-refractivity contribution in [3.63, 3.8) is 0 Å². The molecule has 1 saturated heterocycles. The third-order valence-electron chi connectivity index (χ3n) is 3.07. The number of rotatable bonds is 2. The Balaban J connectivity index is 1.96. The molecule has 0 amide bonds. The quantitative estimate of drug-likeness (QED) is 0.909. The SMILES string of the molecule is Cc1cc(-c2ccn(C3NCCO3)n2)c(Br)cc1Cl. The van der Waals surface area contributed by atoms with Crippen LogP contribution < -0.4 is 5.32 Å². The summed E-state index contributed by atoms with van der Waals surface area (Å²) in [6.45, 7) is 3.55. The lowest BCUT2D eigenvalue weighted by atomic mass is 10.1. The van der Waals surface area contributed by atoms with Crippen LogP contribution in [0, 0.1) is 6.92 Å². The molecule has 2 aromatic rings. The fraction of sp³-hybridized carbons (Fsp3) is 0.308. The zero-order chi connectivity index (χ0) is 13.4. The molecule has 6 heteroatoms. The third kappa shape index (κ3) is 2.56. The number of hydrogen-bond donors (Lipinski definition) is 1. The number of aryl methyl sites for hydroxylation is 1. The summed E-state index contributed by atoms with van der Waals surface area (Å²) in [7, 11) is 0. The lowest BCUT2D eigenvalue weighted by molar-refractivity contribution is 0.0345. The van der Waals surface area contributed by atoms with Crippen LogP contribution in [-0.4, -0.2) is 22.9 Å². The Morgan fingerprint density at radius 1 is 1.53 bits per heavy atom. The Labute approximate surface area is 124 Å². The highest BCUT2D eigenvalue weighted by Crippen LogP contribution is 2.32. The highest BCUT2D eigenvalue weighted by Gasteiger charge is 2.18. The average Bonchev–Trinajstić information content (AvgIpc) is 3.03. The topological polar surface area (TPSA) is 39.1 Å². The van der Waals surface area contributed by atoms with Crippen molar-refractivity contribution in [1.29, 1.82) is 0 Å². The van der Waals surface area contributed by atoms with Crippen molar-refractivity contribution in [2.45, 2.75) is 13.3 Å². The van der Waals surface area contributed by atoms with E-state index in [1.165, 1.54) is 0 Å². The smallest absolute Gasteiger partial charge is 0.206 e. The minimum atomic E-state index is -0.166. The summed E-state index contributed by atoms with van der Waals surface area (Å²) in [5, 5.41) is 8.51. The maximum Gasteiger partial charge on any atom is 0.206 e. The van der Waals surface area contributed by atoms with Crippen LogP contribution in [0.1, 0.15) is 11.9 Å². The molecule has 0 saturated carbocycles. The van der Waals surface area contributed by atoms with Gasteiger partial charge in [-0.25, -0.2) is 4.68 Å². The van der Waals surface area contributed by atoms with Crippen molar-refractivity contribution in [2.24, 2.45) is 0 Å². The van der Waals surface area contributed by atoms with Gasteiger partial charge in [-0.15, -0.1) is 0 Å². The number of ether oxygens (including phenoxy) is 1. The zero-order valence-corrected chi connectivity index (χ0v) is 12.7. The van der Waals surface area contributed by atoms with E-state index in [9.17, 15) is 0 Å². The van der Waals surface area contributed by atoms with Gasteiger partial charge >= 0.3 is 0 Å². The van der Waals surface area contributed by atoms with E-state index in [2.05, 4.69) is 26.3 Å². The molecule has 19 heavy (non-hydrogen) atoms. The summed E-state index contributed by atoms with van der Waals surface area (Å²) >= 11 is 9.63. The molecular formula is C13H13BrClN3O. The first-order valence-corrected chi connectivity index (χ1v) is 7.18. The van der Waals surface area contributed by atoms with Gasteiger partial charge in [0.1, 0.15) is 0 Å². The lowest BCUT2D eigenvalue weighted by Crippen LogP contribution is -2.21. The first kappa shape index (κ1) is 13.1. The highest BCUT2D eigenvalue weighted by atomic mass is 79.9. The van der Waals surface area contributed by atoms with Crippen molar-refractivity contribution in [2.75, 3.05) is 13.2 Å². The first-order chi connectivity index (χ1) is 9.15. The van der Waals surface area contributed by atoms with Crippen LogP contribution in [0.4, 0.5) is 0 Å². The minimum Gasteiger partial charge on any atom is -0.342 e. The van der Waals surface area contributed by atoms with Crippen LogP contribution in [0.15, 0.2) is 28.9 Å². The number of benzene rings is 1. The summed E-state index contributed by atoms with van der Waals surface area (Å²) in [6.07, 6.45) is 1.75. The Kier molecular flexibility index (Phi) is 3.62. The Bertz CT molecular complexity index is 608. The first-order valence-electron chi connectivity index (χ1n) is 6.01. The molecule has 1 aliphatic rings. The van der Waals surface area contributed by atoms with E-state index in [1.54, 1.807) is 4.68 Å². The standard InChI is InChI=1S/C13H13BrClN3O/c1-8-6-9(10(14)7-11(8)15)12-2-4-18(17-12)13-16-3-5-19-13/h2,4,6-7,13,16H,3,5H2,1H3. The van der Waals surface area contributed by atoms with Crippen LogP contribution in [0.5, 0.6) is 0 Å². The number of halogens is 2. The second-order valence-electron chi connectivity index (χ2n) is 4.44. The molecule has 1 fully saturated rings. The van der Waals surface area contributed by atoms with E-state index >= 15 is 0 Å². The van der Waals surface area contributed by atoms with Crippen molar-refractivity contribution >= 4 is 27.5 Å². The van der Waals surface area contributed by atoms with Gasteiger partial charge in [0.15, 0.2) is 0 Å². The van der Waals surface area contributed by atoms with Gasteiger partial charge in [0.2, 0.25) is 6.35 Å². The van der Waals surface area contributed by atoms with Crippen LogP contribution >= 0.6 is 27.5 Å². The molecule has 1 N–H and O–H groups in total. The predicted octanol–water partition coefficient (Wildman–Crippen LogP) is 3.35. The normalized spacial score (nSPS) is 19.0. The zero-order valence-electron chi connectivity index (χ0n) is 10.4. The van der Waals surface area contributed by atoms with Crippen LogP contribution in [0.2, 0.25) is 5.02 Å². The number of aromatic nitrogens is 2. The van der Waals surface area contributed by atoms with Crippen molar-refractivity contribution < 1.29 is 4.74 Å². The average molecular weight is 343 g/mol. The molecule has 1 aromatic heterocycles. The summed E-state index contributed by atoms with van der Waals surface area (Å²) < 4.78 is 8.25. The van der Waals surface area contributed by atoms with Gasteiger partial charge in [-0.05, 0) is 30.7 Å². The summed E-state index contributed by atoms with van der Waals surface area (Å²) in [6, 6.07) is 5.90. The van der Waals surface area contributed by atoms with Gasteiger partial charge in [0, 0.05) is 27.8 Å². The second kappa shape index (κ2) is 5.25. The lowest BCUT2D eigenvalue weighted by Gasteiger charge is -2.10. The largest absolute Gasteiger partial charge is 0.342 e. The van der Waals surface area contributed by atoms with Crippen LogP contribution in [0.3, 0.4) is 0 Å². The molecule has 100 valence electrons. The summed E-state index contributed by atoms with van der Waals surface area (Å²) in [4.78, 5) is 0. The van der Waals surface area contributed by atoms with Crippen LogP contribution in [0.25, 0.3) is 11.3 Å². The van der Waals surface area contributed by atoms with E-state index in [-0.39, 0.29) is 6.35 Å². The summed E-state index contributed by atoms with van der Waals surface area (Å²) in [5.74, 6) is 0. The van der Waals surface area contributed by atoms with Gasteiger partial charge < -0.3 is 4.74 Å². The predicted molar refractivity (Wildman–Crippen MR) is 78.1 cm³/mol. The monoisotopic (exact) mass is 341 g/mol. The van der Waals surface area contributed by atoms with Gasteiger partial charge in [-0.1, -0.05) is 27.5 Å². The Hall–Kier alpha value is -0.880. The Morgan fingerprint density at radius 3 is 3.11 bits per heavy atom. The maximum absolute atomic E-state index is 6.10. The van der Waals surface area contributed by atoms with Gasteiger partial charge in [-0.3, -0.25) is 5.32 Å². The fourth-order valence-corrected chi connectivity index (χ4v) is 2.89. The van der Waals surface area contributed by atoms with Crippen molar-refractivity contribution in [1.82, 2.24) is 15.1 Å². The molecule has 2 heterocycles. The molecule has 1 aromatic carbocycles. The highest BCUT2D eigenvalue weighted by molar-refractivity contribution is 9.10. The van der Waals surface area contributed by atoms with E-state index < -0.39 is 0 Å². The molecule has 3 rings (SSSR count). The maximum atomic E-state index is 6.10. The molecule has 1 unspecified atom stereocenters. The van der Waals surface area contributed by atoms with Gasteiger partial charge in [0.25, 0.3) is 0 Å². The molecule has 1 aliphatic heterocycles. The molecule has 0 radical (unpaired) electrons. The van der Waals surface area contributed by atoms with Crippen molar-refractivity contribution in [3.05, 3.63) is 39.5 Å². The molecular weight excluding hydrogens is 330 g/mol. The number of nitrogens with zero attached hydrogens (tertiary/aromatic N) is 2. The van der Waals surface area contributed by atoms with E-state index in [4.69, 9.17) is 16.3 Å². The molecule has 0 aliphatic carbocycles. The molecule has 0 spiro atoms. The Morgan fingerprint density at radius 2 is 2.37 bits per heavy atom. The van der Waals surface area contributed by atoms with Gasteiger partial charge in [-0.2, -0.15) is 5.10 Å². The van der Waals surface area contributed by atoms with E-state index in [0.29, 0.717) is 6.61 Å². The number of hydrogen-bond acceptors (Lipinski definition) is 3. The minimum absolute atomic E-state index is 0.166. The fourth-order valence-electron chi connectivity index (χ4n) is 2.05. The van der Waals surface area contributed by atoms with E-state index in [0.717, 1.165) is 32.9 Å². The molecule has 0 bridgehead atoms.